The fourth-order valence-electron chi connectivity index (χ4n) is 3.66. The summed E-state index contributed by atoms with van der Waals surface area (Å²) in [5.74, 6) is 2.74. The molecule has 1 saturated heterocycles. The predicted octanol–water partition coefficient (Wildman–Crippen LogP) is 5.32. The predicted molar refractivity (Wildman–Crippen MR) is 90.5 cm³/mol. The van der Waals surface area contributed by atoms with Gasteiger partial charge >= 0.3 is 0 Å². The Hall–Kier alpha value is -1.02. The van der Waals surface area contributed by atoms with Crippen LogP contribution >= 0.6 is 0 Å². The Bertz CT molecular complexity index is 428. The Kier molecular flexibility index (Phi) is 5.77. The Morgan fingerprint density at radius 2 is 1.77 bits per heavy atom. The first kappa shape index (κ1) is 15.9. The fraction of sp³-hybridized carbons (Fsp3) is 0.700. The van der Waals surface area contributed by atoms with Crippen LogP contribution in [-0.4, -0.2) is 19.3 Å². The summed E-state index contributed by atoms with van der Waals surface area (Å²) in [5.41, 5.74) is 1.50. The zero-order valence-corrected chi connectivity index (χ0v) is 13.9. The molecule has 2 fully saturated rings. The van der Waals surface area contributed by atoms with Crippen LogP contribution in [0.5, 0.6) is 5.75 Å². The van der Waals surface area contributed by atoms with Gasteiger partial charge in [0, 0.05) is 0 Å². The van der Waals surface area contributed by atoms with Crippen LogP contribution in [0, 0.1) is 5.92 Å². The molecule has 2 aliphatic rings. The maximum absolute atomic E-state index is 5.72. The Balaban J connectivity index is 1.42. The van der Waals surface area contributed by atoms with Gasteiger partial charge in [0.2, 0.25) is 0 Å². The first-order valence-corrected chi connectivity index (χ1v) is 9.19. The number of hydrogen-bond acceptors (Lipinski definition) is 2. The average molecular weight is 302 g/mol. The second-order valence-electron chi connectivity index (χ2n) is 7.05. The first-order valence-electron chi connectivity index (χ1n) is 9.19. The quantitative estimate of drug-likeness (QED) is 0.479. The normalized spacial score (nSPS) is 27.6. The molecule has 0 amide bonds. The molecule has 3 rings (SSSR count). The lowest BCUT2D eigenvalue weighted by Gasteiger charge is -2.29. The van der Waals surface area contributed by atoms with Crippen molar-refractivity contribution in [2.75, 3.05) is 13.2 Å². The second-order valence-corrected chi connectivity index (χ2v) is 7.05. The highest BCUT2D eigenvalue weighted by molar-refractivity contribution is 5.29. The van der Waals surface area contributed by atoms with E-state index in [2.05, 4.69) is 31.2 Å². The molecule has 122 valence electrons. The van der Waals surface area contributed by atoms with Gasteiger partial charge in [0.1, 0.15) is 18.5 Å². The third kappa shape index (κ3) is 4.74. The van der Waals surface area contributed by atoms with Gasteiger partial charge in [0.05, 0.1) is 6.61 Å². The van der Waals surface area contributed by atoms with Crippen molar-refractivity contribution < 1.29 is 9.47 Å². The van der Waals surface area contributed by atoms with Crippen molar-refractivity contribution in [3.05, 3.63) is 29.8 Å². The molecule has 1 aromatic carbocycles. The topological polar surface area (TPSA) is 21.8 Å². The van der Waals surface area contributed by atoms with Crippen LogP contribution in [0.3, 0.4) is 0 Å². The van der Waals surface area contributed by atoms with E-state index in [0.717, 1.165) is 24.2 Å². The zero-order chi connectivity index (χ0) is 15.2. The minimum Gasteiger partial charge on any atom is -0.491 e. The molecule has 2 nitrogen and oxygen atoms in total. The van der Waals surface area contributed by atoms with Gasteiger partial charge in [-0.2, -0.15) is 0 Å². The van der Waals surface area contributed by atoms with Crippen molar-refractivity contribution in [1.82, 2.24) is 0 Å². The number of unbranched alkanes of at least 4 members (excludes halogenated alkanes) is 2. The fourth-order valence-corrected chi connectivity index (χ4v) is 3.66. The van der Waals surface area contributed by atoms with Crippen molar-refractivity contribution in [3.8, 4) is 5.75 Å². The number of hydrogen-bond donors (Lipinski definition) is 0. The molecule has 1 heterocycles. The van der Waals surface area contributed by atoms with Gasteiger partial charge in [-0.1, -0.05) is 44.7 Å². The third-order valence-corrected chi connectivity index (χ3v) is 5.25. The minimum absolute atomic E-state index is 0.336. The van der Waals surface area contributed by atoms with Gasteiger partial charge in [0.25, 0.3) is 0 Å². The number of rotatable bonds is 8. The van der Waals surface area contributed by atoms with Gasteiger partial charge in [-0.3, -0.25) is 0 Å². The molecule has 0 spiro atoms. The minimum atomic E-state index is 0.336. The Labute approximate surface area is 135 Å². The van der Waals surface area contributed by atoms with Gasteiger partial charge in [-0.15, -0.1) is 0 Å². The molecule has 1 aliphatic heterocycles. The maximum atomic E-state index is 5.72. The van der Waals surface area contributed by atoms with Gasteiger partial charge in [0.15, 0.2) is 0 Å². The summed E-state index contributed by atoms with van der Waals surface area (Å²) in [5, 5.41) is 0. The van der Waals surface area contributed by atoms with Crippen molar-refractivity contribution >= 4 is 0 Å². The van der Waals surface area contributed by atoms with Gasteiger partial charge < -0.3 is 9.47 Å². The summed E-state index contributed by atoms with van der Waals surface area (Å²) < 4.78 is 10.9. The number of ether oxygens (including phenoxy) is 2. The lowest BCUT2D eigenvalue weighted by molar-refractivity contribution is 0.263. The van der Waals surface area contributed by atoms with Crippen LogP contribution in [0.25, 0.3) is 0 Å². The van der Waals surface area contributed by atoms with E-state index in [1.165, 1.54) is 56.9 Å². The molecular weight excluding hydrogens is 272 g/mol. The lowest BCUT2D eigenvalue weighted by atomic mass is 9.77. The van der Waals surface area contributed by atoms with Crippen LogP contribution < -0.4 is 4.74 Å². The van der Waals surface area contributed by atoms with Crippen molar-refractivity contribution in [1.29, 1.82) is 0 Å². The van der Waals surface area contributed by atoms with Crippen molar-refractivity contribution in [3.63, 3.8) is 0 Å². The summed E-state index contributed by atoms with van der Waals surface area (Å²) >= 11 is 0. The van der Waals surface area contributed by atoms with Crippen LogP contribution in [0.15, 0.2) is 24.3 Å². The van der Waals surface area contributed by atoms with E-state index in [4.69, 9.17) is 9.47 Å². The van der Waals surface area contributed by atoms with E-state index in [0.29, 0.717) is 12.7 Å². The van der Waals surface area contributed by atoms with E-state index in [1.54, 1.807) is 0 Å². The van der Waals surface area contributed by atoms with Crippen molar-refractivity contribution in [2.45, 2.75) is 70.3 Å². The highest BCUT2D eigenvalue weighted by Gasteiger charge is 2.24. The number of benzene rings is 1. The van der Waals surface area contributed by atoms with E-state index < -0.39 is 0 Å². The molecule has 0 N–H and O–H groups in total. The van der Waals surface area contributed by atoms with E-state index in [-0.39, 0.29) is 0 Å². The molecule has 0 bridgehead atoms. The second kappa shape index (κ2) is 8.01. The van der Waals surface area contributed by atoms with E-state index in [1.807, 2.05) is 0 Å². The van der Waals surface area contributed by atoms with Gasteiger partial charge in [-0.05, 0) is 55.2 Å². The molecule has 0 aromatic heterocycles. The summed E-state index contributed by atoms with van der Waals surface area (Å²) in [6.07, 6.45) is 11.6. The number of epoxide rings is 1. The summed E-state index contributed by atoms with van der Waals surface area (Å²) in [6, 6.07) is 8.80. The maximum Gasteiger partial charge on any atom is 0.119 e. The highest BCUT2D eigenvalue weighted by atomic mass is 16.6. The van der Waals surface area contributed by atoms with Crippen LogP contribution in [0.2, 0.25) is 0 Å². The van der Waals surface area contributed by atoms with E-state index >= 15 is 0 Å². The van der Waals surface area contributed by atoms with Crippen LogP contribution in [0.4, 0.5) is 0 Å². The largest absolute Gasteiger partial charge is 0.491 e. The standard InChI is InChI=1S/C20H30O2/c1-2-3-4-5-16-6-8-17(9-7-16)18-10-12-19(13-11-18)21-14-20-15-22-20/h10-13,16-17,20H,2-9,14-15H2,1H3/t16-,17-,20-/m1/s1. The smallest absolute Gasteiger partial charge is 0.119 e. The monoisotopic (exact) mass is 302 g/mol. The molecular formula is C20H30O2. The molecule has 1 atom stereocenters. The lowest BCUT2D eigenvalue weighted by Crippen LogP contribution is -2.13. The highest BCUT2D eigenvalue weighted by Crippen LogP contribution is 2.38. The van der Waals surface area contributed by atoms with Gasteiger partial charge in [-0.25, -0.2) is 0 Å². The van der Waals surface area contributed by atoms with Crippen molar-refractivity contribution in [2.24, 2.45) is 5.92 Å². The van der Waals surface area contributed by atoms with Crippen LogP contribution in [-0.2, 0) is 4.74 Å². The molecule has 1 aromatic rings. The molecule has 0 unspecified atom stereocenters. The zero-order valence-electron chi connectivity index (χ0n) is 13.9. The van der Waals surface area contributed by atoms with E-state index in [9.17, 15) is 0 Å². The summed E-state index contributed by atoms with van der Waals surface area (Å²) in [6.45, 7) is 3.85. The first-order chi connectivity index (χ1) is 10.8. The molecule has 1 aliphatic carbocycles. The summed E-state index contributed by atoms with van der Waals surface area (Å²) in [7, 11) is 0. The third-order valence-electron chi connectivity index (χ3n) is 5.25. The molecule has 2 heteroatoms. The molecule has 22 heavy (non-hydrogen) atoms. The average Bonchev–Trinajstić information content (AvgIpc) is 3.39. The Morgan fingerprint density at radius 1 is 1.05 bits per heavy atom. The molecule has 1 saturated carbocycles. The SMILES string of the molecule is CCCCC[C@H]1CC[C@H](c2ccc(OC[C@@H]3CO3)cc2)CC1. The molecule has 0 radical (unpaired) electrons. The Morgan fingerprint density at radius 3 is 2.41 bits per heavy atom. The summed E-state index contributed by atoms with van der Waals surface area (Å²) in [4.78, 5) is 0. The van der Waals surface area contributed by atoms with Crippen LogP contribution in [0.1, 0.15) is 69.8 Å².